The molecule has 0 spiro atoms. The molecule has 29 heavy (non-hydrogen) atoms. The highest BCUT2D eigenvalue weighted by molar-refractivity contribution is 5.87. The van der Waals surface area contributed by atoms with Gasteiger partial charge in [-0.15, -0.1) is 0 Å². The van der Waals surface area contributed by atoms with Crippen LogP contribution in [0.15, 0.2) is 18.2 Å². The Hall–Kier alpha value is -2.28. The second-order valence-electron chi connectivity index (χ2n) is 7.26. The van der Waals surface area contributed by atoms with Gasteiger partial charge in [0.1, 0.15) is 6.04 Å². The average Bonchev–Trinajstić information content (AvgIpc) is 2.74. The normalized spacial score (nSPS) is 12.7. The highest BCUT2D eigenvalue weighted by Gasteiger charge is 2.25. The summed E-state index contributed by atoms with van der Waals surface area (Å²) in [5, 5.41) is 5.86. The first-order chi connectivity index (χ1) is 14.0. The van der Waals surface area contributed by atoms with E-state index in [0.29, 0.717) is 37.4 Å². The van der Waals surface area contributed by atoms with Gasteiger partial charge in [0.05, 0.1) is 14.2 Å². The molecule has 7 nitrogen and oxygen atoms in total. The van der Waals surface area contributed by atoms with E-state index in [-0.39, 0.29) is 17.7 Å². The molecule has 7 heteroatoms. The molecule has 1 aromatic rings. The SMILES string of the molecule is CC[C@@H](C)[C@@H](NC(=O)CCCCCN)C(=O)NCCc1ccc(OC)c(OC)c1. The van der Waals surface area contributed by atoms with Crippen molar-refractivity contribution in [1.82, 2.24) is 10.6 Å². The first-order valence-corrected chi connectivity index (χ1v) is 10.4. The Morgan fingerprint density at radius 1 is 1.10 bits per heavy atom. The van der Waals surface area contributed by atoms with Gasteiger partial charge in [-0.05, 0) is 49.4 Å². The van der Waals surface area contributed by atoms with Crippen LogP contribution in [-0.2, 0) is 16.0 Å². The lowest BCUT2D eigenvalue weighted by Gasteiger charge is -2.23. The summed E-state index contributed by atoms with van der Waals surface area (Å²) in [5.41, 5.74) is 6.51. The van der Waals surface area contributed by atoms with Crippen LogP contribution in [-0.4, -0.2) is 45.2 Å². The number of ether oxygens (including phenoxy) is 2. The van der Waals surface area contributed by atoms with Gasteiger partial charge < -0.3 is 25.8 Å². The monoisotopic (exact) mass is 407 g/mol. The van der Waals surface area contributed by atoms with Crippen molar-refractivity contribution in [3.05, 3.63) is 23.8 Å². The van der Waals surface area contributed by atoms with Crippen LogP contribution in [0.5, 0.6) is 11.5 Å². The molecule has 0 aliphatic heterocycles. The molecule has 0 saturated carbocycles. The Bertz CT molecular complexity index is 636. The van der Waals surface area contributed by atoms with Crippen molar-refractivity contribution in [2.45, 2.75) is 58.4 Å². The number of amides is 2. The van der Waals surface area contributed by atoms with E-state index in [0.717, 1.165) is 31.2 Å². The van der Waals surface area contributed by atoms with E-state index in [1.165, 1.54) is 0 Å². The van der Waals surface area contributed by atoms with Gasteiger partial charge in [0.15, 0.2) is 11.5 Å². The molecule has 0 unspecified atom stereocenters. The molecule has 2 amide bonds. The summed E-state index contributed by atoms with van der Waals surface area (Å²) in [6.45, 7) is 5.11. The van der Waals surface area contributed by atoms with Gasteiger partial charge in [0, 0.05) is 13.0 Å². The second kappa shape index (κ2) is 13.8. The molecule has 0 aliphatic carbocycles. The number of hydrogen-bond donors (Lipinski definition) is 3. The zero-order valence-electron chi connectivity index (χ0n) is 18.3. The summed E-state index contributed by atoms with van der Waals surface area (Å²) in [6, 6.07) is 5.18. The fourth-order valence-electron chi connectivity index (χ4n) is 3.03. The number of nitrogens with two attached hydrogens (primary N) is 1. The third-order valence-electron chi connectivity index (χ3n) is 5.08. The molecular formula is C22H37N3O4. The lowest BCUT2D eigenvalue weighted by molar-refractivity contribution is -0.130. The summed E-state index contributed by atoms with van der Waals surface area (Å²) in [6.07, 6.45) is 4.52. The Kier molecular flexibility index (Phi) is 11.8. The number of hydrogen-bond acceptors (Lipinski definition) is 5. The lowest BCUT2D eigenvalue weighted by Crippen LogP contribution is -2.50. The van der Waals surface area contributed by atoms with Crippen LogP contribution in [0, 0.1) is 5.92 Å². The third kappa shape index (κ3) is 8.73. The summed E-state index contributed by atoms with van der Waals surface area (Å²) in [7, 11) is 3.19. The van der Waals surface area contributed by atoms with Crippen LogP contribution in [0.25, 0.3) is 0 Å². The van der Waals surface area contributed by atoms with E-state index in [4.69, 9.17) is 15.2 Å². The Balaban J connectivity index is 2.57. The minimum atomic E-state index is -0.521. The molecule has 0 aliphatic rings. The average molecular weight is 408 g/mol. The Labute approximate surface area is 174 Å². The van der Waals surface area contributed by atoms with Gasteiger partial charge in [-0.25, -0.2) is 0 Å². The van der Waals surface area contributed by atoms with Crippen LogP contribution in [0.3, 0.4) is 0 Å². The van der Waals surface area contributed by atoms with Crippen LogP contribution < -0.4 is 25.8 Å². The van der Waals surface area contributed by atoms with Crippen molar-refractivity contribution in [1.29, 1.82) is 0 Å². The molecule has 1 rings (SSSR count). The van der Waals surface area contributed by atoms with E-state index in [2.05, 4.69) is 10.6 Å². The van der Waals surface area contributed by atoms with Crippen molar-refractivity contribution in [2.24, 2.45) is 11.7 Å². The number of benzene rings is 1. The summed E-state index contributed by atoms with van der Waals surface area (Å²) in [4.78, 5) is 24.9. The third-order valence-corrected chi connectivity index (χ3v) is 5.08. The molecule has 0 bridgehead atoms. The smallest absolute Gasteiger partial charge is 0.242 e. The Morgan fingerprint density at radius 2 is 1.83 bits per heavy atom. The Morgan fingerprint density at radius 3 is 2.45 bits per heavy atom. The molecule has 4 N–H and O–H groups in total. The van der Waals surface area contributed by atoms with E-state index in [9.17, 15) is 9.59 Å². The number of carbonyl (C=O) groups is 2. The summed E-state index contributed by atoms with van der Waals surface area (Å²) >= 11 is 0. The number of carbonyl (C=O) groups excluding carboxylic acids is 2. The molecule has 2 atom stereocenters. The first kappa shape index (κ1) is 24.8. The maximum atomic E-state index is 12.7. The van der Waals surface area contributed by atoms with E-state index < -0.39 is 6.04 Å². The fraction of sp³-hybridized carbons (Fsp3) is 0.636. The van der Waals surface area contributed by atoms with E-state index >= 15 is 0 Å². The predicted molar refractivity (Wildman–Crippen MR) is 115 cm³/mol. The van der Waals surface area contributed by atoms with Gasteiger partial charge in [-0.3, -0.25) is 9.59 Å². The minimum Gasteiger partial charge on any atom is -0.493 e. The molecule has 0 aromatic heterocycles. The largest absolute Gasteiger partial charge is 0.493 e. The van der Waals surface area contributed by atoms with Crippen molar-refractivity contribution >= 4 is 11.8 Å². The number of rotatable bonds is 14. The maximum Gasteiger partial charge on any atom is 0.242 e. The van der Waals surface area contributed by atoms with Crippen LogP contribution >= 0.6 is 0 Å². The molecule has 0 fully saturated rings. The number of methoxy groups -OCH3 is 2. The van der Waals surface area contributed by atoms with Gasteiger partial charge >= 0.3 is 0 Å². The van der Waals surface area contributed by atoms with Crippen molar-refractivity contribution < 1.29 is 19.1 Å². The lowest BCUT2D eigenvalue weighted by atomic mass is 9.98. The number of unbranched alkanes of at least 4 members (excludes halogenated alkanes) is 2. The number of nitrogens with one attached hydrogen (secondary N) is 2. The zero-order valence-corrected chi connectivity index (χ0v) is 18.3. The fourth-order valence-corrected chi connectivity index (χ4v) is 3.03. The van der Waals surface area contributed by atoms with Crippen LogP contribution in [0.4, 0.5) is 0 Å². The van der Waals surface area contributed by atoms with Crippen molar-refractivity contribution in [2.75, 3.05) is 27.3 Å². The quantitative estimate of drug-likeness (QED) is 0.411. The van der Waals surface area contributed by atoms with E-state index in [1.54, 1.807) is 14.2 Å². The molecule has 1 aromatic carbocycles. The van der Waals surface area contributed by atoms with E-state index in [1.807, 2.05) is 32.0 Å². The van der Waals surface area contributed by atoms with Crippen molar-refractivity contribution in [3.63, 3.8) is 0 Å². The summed E-state index contributed by atoms with van der Waals surface area (Å²) < 4.78 is 10.6. The van der Waals surface area contributed by atoms with Crippen LogP contribution in [0.1, 0.15) is 51.5 Å². The zero-order chi connectivity index (χ0) is 21.6. The van der Waals surface area contributed by atoms with Gasteiger partial charge in [-0.1, -0.05) is 32.8 Å². The highest BCUT2D eigenvalue weighted by Crippen LogP contribution is 2.27. The molecule has 0 saturated heterocycles. The van der Waals surface area contributed by atoms with Crippen molar-refractivity contribution in [3.8, 4) is 11.5 Å². The second-order valence-corrected chi connectivity index (χ2v) is 7.26. The standard InChI is InChI=1S/C22H37N3O4/c1-5-16(2)21(25-20(26)9-7-6-8-13-23)22(27)24-14-12-17-10-11-18(28-3)19(15-17)29-4/h10-11,15-16,21H,5-9,12-14,23H2,1-4H3,(H,24,27)(H,25,26)/t16-,21-/m1/s1. The molecule has 0 radical (unpaired) electrons. The minimum absolute atomic E-state index is 0.0593. The molecule has 0 heterocycles. The maximum absolute atomic E-state index is 12.7. The molecular weight excluding hydrogens is 370 g/mol. The van der Waals surface area contributed by atoms with Gasteiger partial charge in [-0.2, -0.15) is 0 Å². The van der Waals surface area contributed by atoms with Crippen LogP contribution in [0.2, 0.25) is 0 Å². The van der Waals surface area contributed by atoms with Gasteiger partial charge in [0.2, 0.25) is 11.8 Å². The predicted octanol–water partition coefficient (Wildman–Crippen LogP) is 2.41. The highest BCUT2D eigenvalue weighted by atomic mass is 16.5. The molecule has 164 valence electrons. The van der Waals surface area contributed by atoms with Gasteiger partial charge in [0.25, 0.3) is 0 Å². The first-order valence-electron chi connectivity index (χ1n) is 10.4. The summed E-state index contributed by atoms with van der Waals surface area (Å²) in [5.74, 6) is 1.17. The topological polar surface area (TPSA) is 103 Å².